The molecule has 1 aliphatic heterocycles. The number of hydrogen-bond donors (Lipinski definition) is 4. The van der Waals surface area contributed by atoms with Gasteiger partial charge in [0.1, 0.15) is 6.04 Å². The minimum atomic E-state index is -1.17. The maximum Gasteiger partial charge on any atom is 0.366 e. The number of quaternary nitrogens is 2. The Morgan fingerprint density at radius 3 is 2.29 bits per heavy atom. The van der Waals surface area contributed by atoms with Gasteiger partial charge in [-0.2, -0.15) is 0 Å². The Labute approximate surface area is 216 Å². The van der Waals surface area contributed by atoms with Crippen molar-refractivity contribution >= 4 is 23.8 Å². The van der Waals surface area contributed by atoms with Gasteiger partial charge in [-0.3, -0.25) is 4.79 Å². The van der Waals surface area contributed by atoms with E-state index in [1.165, 1.54) is 11.8 Å². The molecule has 13 heteroatoms. The van der Waals surface area contributed by atoms with Crippen molar-refractivity contribution in [3.63, 3.8) is 0 Å². The Balaban J connectivity index is 0. The molecule has 0 saturated carbocycles. The highest BCUT2D eigenvalue weighted by molar-refractivity contribution is 5.86. The SMILES string of the molecule is C[C@H]([NH2+][C@@H](CCc1ccccc1)C(=O)O[C@H](C)[C@H]([NH3+])C(=O)O)C(=O)N1CCC[C@H]1C(=O)O.O.[Cl-].[Cl-]. The standard InChI is InChI=1S/C22H31N3O7.2ClH.H2O/c1-13(19(26)25-12-6-9-17(25)20(27)28)24-16(11-10-15-7-4-3-5-8-15)22(31)32-14(2)18(23)21(29)30;;;/h3-5,7-8,13-14,16-18,24H,6,9-12,23H2,1-2H3,(H,27,28)(H,29,30);2*1H;1H2/t13-,14+,16-,17-,18-;;;/m0.../s1. The summed E-state index contributed by atoms with van der Waals surface area (Å²) >= 11 is 0. The largest absolute Gasteiger partial charge is 1.00 e. The molecule has 0 spiro atoms. The fourth-order valence-electron chi connectivity index (χ4n) is 3.79. The van der Waals surface area contributed by atoms with Crippen molar-refractivity contribution < 1.29 is 75.5 Å². The third kappa shape index (κ3) is 9.98. The minimum absolute atomic E-state index is 0. The Morgan fingerprint density at radius 1 is 1.14 bits per heavy atom. The van der Waals surface area contributed by atoms with Crippen LogP contribution in [0.1, 0.15) is 38.7 Å². The van der Waals surface area contributed by atoms with Crippen molar-refractivity contribution in [2.45, 2.75) is 69.8 Å². The average Bonchev–Trinajstić information content (AvgIpc) is 3.26. The van der Waals surface area contributed by atoms with Gasteiger partial charge in [-0.25, -0.2) is 14.4 Å². The van der Waals surface area contributed by atoms with Gasteiger partial charge in [0.15, 0.2) is 18.2 Å². The number of halogens is 2. The number of carboxylic acid groups (broad SMARTS) is 2. The van der Waals surface area contributed by atoms with Gasteiger partial charge >= 0.3 is 17.9 Å². The van der Waals surface area contributed by atoms with E-state index in [9.17, 15) is 24.3 Å². The summed E-state index contributed by atoms with van der Waals surface area (Å²) in [6.45, 7) is 3.47. The molecule has 1 aliphatic rings. The van der Waals surface area contributed by atoms with Gasteiger partial charge in [0.2, 0.25) is 6.04 Å². The van der Waals surface area contributed by atoms with E-state index in [2.05, 4.69) is 5.73 Å². The maximum absolute atomic E-state index is 12.9. The van der Waals surface area contributed by atoms with Crippen LogP contribution in [0.5, 0.6) is 0 Å². The Hall–Kier alpha value is -2.44. The van der Waals surface area contributed by atoms with Crippen molar-refractivity contribution in [1.82, 2.24) is 4.90 Å². The average molecular weight is 540 g/mol. The summed E-state index contributed by atoms with van der Waals surface area (Å²) in [4.78, 5) is 49.7. The van der Waals surface area contributed by atoms with Gasteiger partial charge in [-0.05, 0) is 38.7 Å². The van der Waals surface area contributed by atoms with Gasteiger partial charge in [-0.1, -0.05) is 30.3 Å². The van der Waals surface area contributed by atoms with E-state index >= 15 is 0 Å². The number of nitrogens with zero attached hydrogens (tertiary/aromatic N) is 1. The van der Waals surface area contributed by atoms with Gasteiger partial charge < -0.3 is 61.2 Å². The second kappa shape index (κ2) is 16.3. The third-order valence-electron chi connectivity index (χ3n) is 5.81. The van der Waals surface area contributed by atoms with Gasteiger partial charge in [0.05, 0.1) is 0 Å². The summed E-state index contributed by atoms with van der Waals surface area (Å²) in [5, 5.41) is 20.0. The van der Waals surface area contributed by atoms with E-state index in [1.807, 2.05) is 30.3 Å². The molecule has 0 bridgehead atoms. The first-order valence-corrected chi connectivity index (χ1v) is 10.8. The van der Waals surface area contributed by atoms with Crippen LogP contribution in [-0.2, 0) is 30.3 Å². The number of ether oxygens (including phenoxy) is 1. The fraction of sp³-hybridized carbons (Fsp3) is 0.545. The highest BCUT2D eigenvalue weighted by Crippen LogP contribution is 2.18. The van der Waals surface area contributed by atoms with Crippen LogP contribution >= 0.6 is 0 Å². The smallest absolute Gasteiger partial charge is 0.366 e. The number of aliphatic carboxylic acids is 2. The van der Waals surface area contributed by atoms with Crippen LogP contribution in [0.4, 0.5) is 0 Å². The zero-order valence-electron chi connectivity index (χ0n) is 19.7. The highest BCUT2D eigenvalue weighted by Gasteiger charge is 2.39. The number of rotatable bonds is 11. The first-order valence-electron chi connectivity index (χ1n) is 10.8. The Bertz CT molecular complexity index is 830. The zero-order valence-corrected chi connectivity index (χ0v) is 21.2. The molecule has 2 rings (SSSR count). The molecule has 0 aliphatic carbocycles. The number of benzene rings is 1. The molecule has 1 heterocycles. The number of aryl methyl sites for hydroxylation is 1. The molecule has 9 N–H and O–H groups in total. The molecule has 1 aromatic carbocycles. The van der Waals surface area contributed by atoms with Crippen molar-refractivity contribution in [2.24, 2.45) is 0 Å². The highest BCUT2D eigenvalue weighted by atomic mass is 35.5. The second-order valence-electron chi connectivity index (χ2n) is 8.23. The van der Waals surface area contributed by atoms with Crippen LogP contribution in [0, 0.1) is 0 Å². The summed E-state index contributed by atoms with van der Waals surface area (Å²) in [5.74, 6) is -3.18. The number of carbonyl (C=O) groups excluding carboxylic acids is 2. The number of carbonyl (C=O) groups is 4. The molecule has 5 atom stereocenters. The molecule has 1 amide bonds. The van der Waals surface area contributed by atoms with Crippen molar-refractivity contribution in [3.05, 3.63) is 35.9 Å². The Morgan fingerprint density at radius 2 is 1.74 bits per heavy atom. The molecule has 35 heavy (non-hydrogen) atoms. The van der Waals surface area contributed by atoms with Crippen molar-refractivity contribution in [1.29, 1.82) is 0 Å². The molecule has 0 aromatic heterocycles. The molecule has 1 fully saturated rings. The molecule has 11 nitrogen and oxygen atoms in total. The summed E-state index contributed by atoms with van der Waals surface area (Å²) in [6, 6.07) is 6.09. The molecule has 200 valence electrons. The lowest BCUT2D eigenvalue weighted by atomic mass is 10.0. The van der Waals surface area contributed by atoms with Crippen LogP contribution < -0.4 is 35.9 Å². The van der Waals surface area contributed by atoms with Crippen LogP contribution in [0.2, 0.25) is 0 Å². The van der Waals surface area contributed by atoms with E-state index in [0.29, 0.717) is 32.2 Å². The lowest BCUT2D eigenvalue weighted by molar-refractivity contribution is -0.697. The number of amides is 1. The molecule has 1 aromatic rings. The predicted molar refractivity (Wildman–Crippen MR) is 116 cm³/mol. The van der Waals surface area contributed by atoms with Crippen LogP contribution in [0.3, 0.4) is 0 Å². The number of esters is 1. The van der Waals surface area contributed by atoms with E-state index < -0.39 is 48.2 Å². The summed E-state index contributed by atoms with van der Waals surface area (Å²) in [7, 11) is 0. The zero-order chi connectivity index (χ0) is 23.8. The van der Waals surface area contributed by atoms with Crippen LogP contribution in [0.25, 0.3) is 0 Å². The molecule has 0 radical (unpaired) electrons. The van der Waals surface area contributed by atoms with Crippen molar-refractivity contribution in [3.8, 4) is 0 Å². The molecular formula is C22H35Cl2N3O8. The van der Waals surface area contributed by atoms with Crippen molar-refractivity contribution in [2.75, 3.05) is 6.54 Å². The number of nitrogens with two attached hydrogens (primary N) is 1. The number of hydrogen-bond acceptors (Lipinski definition) is 5. The number of carboxylic acids is 2. The molecule has 0 unspecified atom stereocenters. The third-order valence-corrected chi connectivity index (χ3v) is 5.81. The Kier molecular flexibility index (Phi) is 16.1. The monoisotopic (exact) mass is 539 g/mol. The molecule has 1 saturated heterocycles. The van der Waals surface area contributed by atoms with E-state index in [1.54, 1.807) is 12.2 Å². The summed E-state index contributed by atoms with van der Waals surface area (Å²) < 4.78 is 5.36. The summed E-state index contributed by atoms with van der Waals surface area (Å²) in [6.07, 6.45) is 1.01. The number of likely N-dealkylation sites (tertiary alicyclic amines) is 1. The van der Waals surface area contributed by atoms with E-state index in [4.69, 9.17) is 9.84 Å². The van der Waals surface area contributed by atoms with Crippen LogP contribution in [-0.4, -0.2) is 81.2 Å². The predicted octanol–water partition coefficient (Wildman–Crippen LogP) is -8.17. The van der Waals surface area contributed by atoms with Gasteiger partial charge in [-0.15, -0.1) is 0 Å². The lowest BCUT2D eigenvalue weighted by Gasteiger charge is -2.26. The second-order valence-corrected chi connectivity index (χ2v) is 8.23. The lowest BCUT2D eigenvalue weighted by Crippen LogP contribution is -3.00. The quantitative estimate of drug-likeness (QED) is 0.200. The topological polar surface area (TPSA) is 197 Å². The van der Waals surface area contributed by atoms with Gasteiger partial charge in [0.25, 0.3) is 5.91 Å². The van der Waals surface area contributed by atoms with E-state index in [0.717, 1.165) is 5.56 Å². The van der Waals surface area contributed by atoms with Crippen LogP contribution in [0.15, 0.2) is 30.3 Å². The minimum Gasteiger partial charge on any atom is -1.00 e. The first-order chi connectivity index (χ1) is 15.1. The van der Waals surface area contributed by atoms with E-state index in [-0.39, 0.29) is 36.2 Å². The molecular weight excluding hydrogens is 505 g/mol. The van der Waals surface area contributed by atoms with Gasteiger partial charge in [0, 0.05) is 13.0 Å². The normalized spacial score (nSPS) is 17.9. The maximum atomic E-state index is 12.9. The fourth-order valence-corrected chi connectivity index (χ4v) is 3.79. The summed E-state index contributed by atoms with van der Waals surface area (Å²) in [5.41, 5.74) is 4.52. The first kappa shape index (κ1) is 34.7.